The minimum absolute atomic E-state index is 0.0562. The molecule has 0 amide bonds. The van der Waals surface area contributed by atoms with Crippen molar-refractivity contribution in [2.24, 2.45) is 5.92 Å². The van der Waals surface area contributed by atoms with Crippen molar-refractivity contribution in [2.75, 3.05) is 13.1 Å². The highest BCUT2D eigenvalue weighted by Crippen LogP contribution is 2.32. The van der Waals surface area contributed by atoms with Crippen molar-refractivity contribution < 1.29 is 8.42 Å². The number of rotatable bonds is 2. The molecule has 1 aliphatic carbocycles. The zero-order chi connectivity index (χ0) is 12.2. The summed E-state index contributed by atoms with van der Waals surface area (Å²) < 4.78 is 25.1. The second kappa shape index (κ2) is 5.65. The molecule has 0 unspecified atom stereocenters. The average molecular weight is 244 g/mol. The van der Waals surface area contributed by atoms with Crippen LogP contribution in [0.1, 0.15) is 39.5 Å². The predicted molar refractivity (Wildman–Crippen MR) is 63.2 cm³/mol. The first-order valence-corrected chi connectivity index (χ1v) is 7.53. The van der Waals surface area contributed by atoms with Gasteiger partial charge in [0.15, 0.2) is 0 Å². The highest BCUT2D eigenvalue weighted by molar-refractivity contribution is 7.90. The molecule has 0 atom stereocenters. The summed E-state index contributed by atoms with van der Waals surface area (Å²) in [5, 5.41) is 8.57. The number of hydrogen-bond acceptors (Lipinski definition) is 3. The molecule has 1 aliphatic heterocycles. The first-order valence-electron chi connectivity index (χ1n) is 6.03. The normalized spacial score (nSPS) is 23.1. The van der Waals surface area contributed by atoms with Crippen LogP contribution in [-0.2, 0) is 10.0 Å². The van der Waals surface area contributed by atoms with E-state index in [9.17, 15) is 8.42 Å². The van der Waals surface area contributed by atoms with E-state index in [-0.39, 0.29) is 11.2 Å². The standard InChI is InChI=1S/C9H14N2O2S.C2H6/c10-7-8-3-5-11(6-4-8)14(12,13)9-1-2-9;1-2/h8-9H,1-6H2;1-2H3. The quantitative estimate of drug-likeness (QED) is 0.743. The number of sulfonamides is 1. The van der Waals surface area contributed by atoms with Gasteiger partial charge in [-0.1, -0.05) is 13.8 Å². The van der Waals surface area contributed by atoms with E-state index >= 15 is 0 Å². The van der Waals surface area contributed by atoms with Crippen LogP contribution >= 0.6 is 0 Å². The molecule has 0 aromatic heterocycles. The Balaban J connectivity index is 0.000000606. The van der Waals surface area contributed by atoms with Crippen LogP contribution in [0.2, 0.25) is 0 Å². The minimum atomic E-state index is -3.00. The molecule has 92 valence electrons. The first-order chi connectivity index (χ1) is 7.64. The Bertz CT molecular complexity index is 347. The molecular formula is C11H20N2O2S. The van der Waals surface area contributed by atoms with Gasteiger partial charge in [0.1, 0.15) is 0 Å². The molecule has 0 aromatic rings. The van der Waals surface area contributed by atoms with Crippen LogP contribution in [0.25, 0.3) is 0 Å². The fourth-order valence-electron chi connectivity index (χ4n) is 1.82. The number of hydrogen-bond donors (Lipinski definition) is 0. The lowest BCUT2D eigenvalue weighted by Gasteiger charge is -2.28. The molecule has 16 heavy (non-hydrogen) atoms. The zero-order valence-corrected chi connectivity index (χ0v) is 10.8. The van der Waals surface area contributed by atoms with E-state index in [1.54, 1.807) is 4.31 Å². The number of nitriles is 1. The number of nitrogens with zero attached hydrogens (tertiary/aromatic N) is 2. The van der Waals surface area contributed by atoms with E-state index in [0.29, 0.717) is 25.9 Å². The van der Waals surface area contributed by atoms with Crippen molar-refractivity contribution in [3.05, 3.63) is 0 Å². The fraction of sp³-hybridized carbons (Fsp3) is 0.909. The molecule has 0 radical (unpaired) electrons. The van der Waals surface area contributed by atoms with Gasteiger partial charge in [-0.25, -0.2) is 12.7 Å². The van der Waals surface area contributed by atoms with E-state index in [0.717, 1.165) is 12.8 Å². The third kappa shape index (κ3) is 2.96. The molecule has 4 nitrogen and oxygen atoms in total. The number of piperidine rings is 1. The van der Waals surface area contributed by atoms with Gasteiger partial charge in [-0.2, -0.15) is 5.26 Å². The monoisotopic (exact) mass is 244 g/mol. The molecule has 2 rings (SSSR count). The summed E-state index contributed by atoms with van der Waals surface area (Å²) in [6.07, 6.45) is 3.03. The smallest absolute Gasteiger partial charge is 0.212 e. The molecule has 2 fully saturated rings. The SMILES string of the molecule is CC.N#CC1CCN(S(=O)(=O)C2CC2)CC1. The molecule has 0 aromatic carbocycles. The maximum absolute atomic E-state index is 11.8. The van der Waals surface area contributed by atoms with Crippen LogP contribution in [0, 0.1) is 17.2 Å². The van der Waals surface area contributed by atoms with Gasteiger partial charge >= 0.3 is 0 Å². The van der Waals surface area contributed by atoms with E-state index in [2.05, 4.69) is 6.07 Å². The van der Waals surface area contributed by atoms with Crippen molar-refractivity contribution >= 4 is 10.0 Å². The highest BCUT2D eigenvalue weighted by Gasteiger charge is 2.41. The second-order valence-corrected chi connectivity index (χ2v) is 6.26. The first kappa shape index (κ1) is 13.5. The van der Waals surface area contributed by atoms with Crippen molar-refractivity contribution in [2.45, 2.75) is 44.8 Å². The van der Waals surface area contributed by atoms with Crippen LogP contribution < -0.4 is 0 Å². The largest absolute Gasteiger partial charge is 0.216 e. The Morgan fingerprint density at radius 3 is 2.00 bits per heavy atom. The Labute approximate surface area is 98.3 Å². The van der Waals surface area contributed by atoms with Crippen LogP contribution in [0.15, 0.2) is 0 Å². The molecule has 5 heteroatoms. The Morgan fingerprint density at radius 1 is 1.12 bits per heavy atom. The zero-order valence-electron chi connectivity index (χ0n) is 10.0. The minimum Gasteiger partial charge on any atom is -0.212 e. The maximum Gasteiger partial charge on any atom is 0.216 e. The van der Waals surface area contributed by atoms with Gasteiger partial charge in [-0.05, 0) is 25.7 Å². The molecule has 1 saturated carbocycles. The summed E-state index contributed by atoms with van der Waals surface area (Å²) in [6.45, 7) is 5.08. The molecule has 2 aliphatic rings. The third-order valence-corrected chi connectivity index (χ3v) is 5.34. The lowest BCUT2D eigenvalue weighted by Crippen LogP contribution is -2.39. The van der Waals surface area contributed by atoms with Gasteiger partial charge < -0.3 is 0 Å². The summed E-state index contributed by atoms with van der Waals surface area (Å²) >= 11 is 0. The summed E-state index contributed by atoms with van der Waals surface area (Å²) in [6, 6.07) is 2.20. The van der Waals surface area contributed by atoms with Crippen molar-refractivity contribution in [3.63, 3.8) is 0 Å². The van der Waals surface area contributed by atoms with E-state index in [1.807, 2.05) is 13.8 Å². The molecule has 1 heterocycles. The summed E-state index contributed by atoms with van der Waals surface area (Å²) in [5.41, 5.74) is 0. The van der Waals surface area contributed by atoms with Crippen LogP contribution in [-0.4, -0.2) is 31.1 Å². The lowest BCUT2D eigenvalue weighted by atomic mass is 10.0. The van der Waals surface area contributed by atoms with Gasteiger partial charge in [-0.3, -0.25) is 0 Å². The van der Waals surface area contributed by atoms with Crippen LogP contribution in [0.3, 0.4) is 0 Å². The van der Waals surface area contributed by atoms with Crippen molar-refractivity contribution in [3.8, 4) is 6.07 Å². The van der Waals surface area contributed by atoms with Crippen LogP contribution in [0.4, 0.5) is 0 Å². The van der Waals surface area contributed by atoms with Gasteiger partial charge in [0.25, 0.3) is 0 Å². The van der Waals surface area contributed by atoms with E-state index in [4.69, 9.17) is 5.26 Å². The molecular weight excluding hydrogens is 224 g/mol. The average Bonchev–Trinajstić information content (AvgIpc) is 3.16. The molecule has 0 bridgehead atoms. The summed E-state index contributed by atoms with van der Waals surface area (Å²) in [5.74, 6) is 0.0562. The molecule has 0 N–H and O–H groups in total. The third-order valence-electron chi connectivity index (χ3n) is 2.94. The fourth-order valence-corrected chi connectivity index (χ4v) is 3.69. The van der Waals surface area contributed by atoms with Crippen LogP contribution in [0.5, 0.6) is 0 Å². The lowest BCUT2D eigenvalue weighted by molar-refractivity contribution is 0.309. The maximum atomic E-state index is 11.8. The highest BCUT2D eigenvalue weighted by atomic mass is 32.2. The molecule has 1 saturated heterocycles. The second-order valence-electron chi connectivity index (χ2n) is 4.05. The Hall–Kier alpha value is -0.600. The van der Waals surface area contributed by atoms with Crippen molar-refractivity contribution in [1.82, 2.24) is 4.31 Å². The summed E-state index contributed by atoms with van der Waals surface area (Å²) in [4.78, 5) is 0. The summed E-state index contributed by atoms with van der Waals surface area (Å²) in [7, 11) is -3.00. The Morgan fingerprint density at radius 2 is 1.62 bits per heavy atom. The van der Waals surface area contributed by atoms with E-state index < -0.39 is 10.0 Å². The predicted octanol–water partition coefficient (Wildman–Crippen LogP) is 1.74. The van der Waals surface area contributed by atoms with Gasteiger partial charge in [-0.15, -0.1) is 0 Å². The van der Waals surface area contributed by atoms with Crippen molar-refractivity contribution in [1.29, 1.82) is 5.26 Å². The molecule has 0 spiro atoms. The Kier molecular flexibility index (Phi) is 4.75. The topological polar surface area (TPSA) is 61.2 Å². The van der Waals surface area contributed by atoms with E-state index in [1.165, 1.54) is 0 Å². The van der Waals surface area contributed by atoms with Gasteiger partial charge in [0.05, 0.1) is 11.3 Å². The van der Waals surface area contributed by atoms with Gasteiger partial charge in [0.2, 0.25) is 10.0 Å². The van der Waals surface area contributed by atoms with Gasteiger partial charge in [0, 0.05) is 19.0 Å².